The number of sulfone groups is 1. The number of aromatic nitrogens is 1. The highest BCUT2D eigenvalue weighted by molar-refractivity contribution is 7.91. The highest BCUT2D eigenvalue weighted by Gasteiger charge is 2.33. The minimum atomic E-state index is -3.04. The molecule has 6 nitrogen and oxygen atoms in total. The van der Waals surface area contributed by atoms with Gasteiger partial charge in [0, 0.05) is 18.5 Å². The summed E-state index contributed by atoms with van der Waals surface area (Å²) in [6.45, 7) is 1.79. The van der Waals surface area contributed by atoms with Crippen molar-refractivity contribution in [3.63, 3.8) is 0 Å². The Kier molecular flexibility index (Phi) is 4.21. The van der Waals surface area contributed by atoms with Gasteiger partial charge in [0.15, 0.2) is 9.84 Å². The molecule has 1 aromatic carbocycles. The Hall–Kier alpha value is -2.15. The molecule has 0 aliphatic carbocycles. The number of benzene rings is 1. The van der Waals surface area contributed by atoms with E-state index in [0.717, 1.165) is 10.9 Å². The summed E-state index contributed by atoms with van der Waals surface area (Å²) in [4.78, 5) is 18.8. The van der Waals surface area contributed by atoms with Gasteiger partial charge in [0.05, 0.1) is 35.4 Å². The van der Waals surface area contributed by atoms with Gasteiger partial charge in [-0.1, -0.05) is 0 Å². The molecule has 0 bridgehead atoms. The highest BCUT2D eigenvalue weighted by Crippen LogP contribution is 2.24. The van der Waals surface area contributed by atoms with E-state index in [1.54, 1.807) is 27.1 Å². The molecule has 24 heavy (non-hydrogen) atoms. The first kappa shape index (κ1) is 16.7. The summed E-state index contributed by atoms with van der Waals surface area (Å²) in [5, 5.41) is 0.816. The Morgan fingerprint density at radius 2 is 2.08 bits per heavy atom. The topological polar surface area (TPSA) is 76.6 Å². The third kappa shape index (κ3) is 3.08. The fourth-order valence-electron chi connectivity index (χ4n) is 3.03. The van der Waals surface area contributed by atoms with Crippen LogP contribution in [-0.2, 0) is 9.84 Å². The van der Waals surface area contributed by atoms with Crippen molar-refractivity contribution in [3.05, 3.63) is 35.5 Å². The molecule has 3 rings (SSSR count). The zero-order valence-corrected chi connectivity index (χ0v) is 14.8. The van der Waals surface area contributed by atoms with Crippen molar-refractivity contribution in [3.8, 4) is 5.75 Å². The second-order valence-corrected chi connectivity index (χ2v) is 8.38. The molecule has 1 saturated heterocycles. The quantitative estimate of drug-likeness (QED) is 0.845. The Labute approximate surface area is 141 Å². The number of carbonyl (C=O) groups excluding carboxylic acids is 1. The van der Waals surface area contributed by atoms with Gasteiger partial charge in [0.1, 0.15) is 5.75 Å². The van der Waals surface area contributed by atoms with Crippen molar-refractivity contribution in [1.29, 1.82) is 0 Å². The molecule has 1 fully saturated rings. The summed E-state index contributed by atoms with van der Waals surface area (Å²) in [7, 11) is 0.206. The third-order valence-electron chi connectivity index (χ3n) is 4.52. The van der Waals surface area contributed by atoms with Gasteiger partial charge in [-0.2, -0.15) is 0 Å². The molecule has 0 saturated carbocycles. The molecule has 1 amide bonds. The van der Waals surface area contributed by atoms with E-state index in [0.29, 0.717) is 23.4 Å². The molecule has 128 valence electrons. The maximum Gasteiger partial charge on any atom is 0.255 e. The zero-order chi connectivity index (χ0) is 17.5. The van der Waals surface area contributed by atoms with E-state index in [4.69, 9.17) is 4.74 Å². The van der Waals surface area contributed by atoms with E-state index in [-0.39, 0.29) is 23.5 Å². The predicted molar refractivity (Wildman–Crippen MR) is 92.2 cm³/mol. The summed E-state index contributed by atoms with van der Waals surface area (Å²) < 4.78 is 28.5. The predicted octanol–water partition coefficient (Wildman–Crippen LogP) is 1.81. The lowest BCUT2D eigenvalue weighted by Gasteiger charge is -2.24. The fourth-order valence-corrected chi connectivity index (χ4v) is 4.81. The number of methoxy groups -OCH3 is 1. The summed E-state index contributed by atoms with van der Waals surface area (Å²) in [5.74, 6) is 0.665. The normalized spacial score (nSPS) is 19.4. The second kappa shape index (κ2) is 6.05. The van der Waals surface area contributed by atoms with E-state index < -0.39 is 9.84 Å². The molecule has 0 unspecified atom stereocenters. The fraction of sp³-hybridized carbons (Fsp3) is 0.412. The lowest BCUT2D eigenvalue weighted by atomic mass is 10.1. The highest BCUT2D eigenvalue weighted by atomic mass is 32.2. The first-order valence-corrected chi connectivity index (χ1v) is 9.56. The molecule has 7 heteroatoms. The van der Waals surface area contributed by atoms with E-state index in [1.165, 1.54) is 4.90 Å². The van der Waals surface area contributed by atoms with Crippen molar-refractivity contribution in [2.45, 2.75) is 19.4 Å². The van der Waals surface area contributed by atoms with Crippen molar-refractivity contribution >= 4 is 26.6 Å². The van der Waals surface area contributed by atoms with Gasteiger partial charge in [-0.05, 0) is 37.6 Å². The number of carbonyl (C=O) groups is 1. The number of pyridine rings is 1. The van der Waals surface area contributed by atoms with Gasteiger partial charge in [-0.15, -0.1) is 0 Å². The molecular weight excluding hydrogens is 328 g/mol. The van der Waals surface area contributed by atoms with Crippen molar-refractivity contribution in [2.24, 2.45) is 0 Å². The number of hydrogen-bond donors (Lipinski definition) is 0. The Morgan fingerprint density at radius 3 is 2.71 bits per heavy atom. The van der Waals surface area contributed by atoms with Gasteiger partial charge in [-0.3, -0.25) is 9.78 Å². The molecule has 1 aliphatic heterocycles. The smallest absolute Gasteiger partial charge is 0.255 e. The molecule has 0 radical (unpaired) electrons. The minimum Gasteiger partial charge on any atom is -0.497 e. The number of ether oxygens (including phenoxy) is 1. The van der Waals surface area contributed by atoms with Crippen LogP contribution in [0.2, 0.25) is 0 Å². The number of hydrogen-bond acceptors (Lipinski definition) is 5. The van der Waals surface area contributed by atoms with Crippen LogP contribution in [-0.4, -0.2) is 55.9 Å². The van der Waals surface area contributed by atoms with Crippen molar-refractivity contribution in [2.75, 3.05) is 25.7 Å². The standard InChI is InChI=1S/C17H20N2O4S/c1-11-15(9-12-8-14(23-3)4-5-16(12)18-11)17(20)19(2)13-6-7-24(21,22)10-13/h4-5,8-9,13H,6-7,10H2,1-3H3/t13-/m0/s1. The third-order valence-corrected chi connectivity index (χ3v) is 6.27. The molecule has 1 aliphatic rings. The molecule has 0 spiro atoms. The number of nitrogens with zero attached hydrogens (tertiary/aromatic N) is 2. The Morgan fingerprint density at radius 1 is 1.33 bits per heavy atom. The van der Waals surface area contributed by atoms with Crippen molar-refractivity contribution in [1.82, 2.24) is 9.88 Å². The number of rotatable bonds is 3. The average molecular weight is 348 g/mol. The van der Waals surface area contributed by atoms with Crippen LogP contribution >= 0.6 is 0 Å². The Bertz CT molecular complexity index is 908. The van der Waals surface area contributed by atoms with Crippen LogP contribution in [0.4, 0.5) is 0 Å². The first-order valence-electron chi connectivity index (χ1n) is 7.74. The maximum absolute atomic E-state index is 12.8. The molecule has 2 heterocycles. The zero-order valence-electron chi connectivity index (χ0n) is 13.9. The van der Waals surface area contributed by atoms with Crippen LogP contribution in [0.3, 0.4) is 0 Å². The lowest BCUT2D eigenvalue weighted by molar-refractivity contribution is 0.0746. The average Bonchev–Trinajstić information content (AvgIpc) is 2.92. The van der Waals surface area contributed by atoms with E-state index in [9.17, 15) is 13.2 Å². The monoisotopic (exact) mass is 348 g/mol. The van der Waals surface area contributed by atoms with Crippen LogP contribution in [0.5, 0.6) is 5.75 Å². The SMILES string of the molecule is COc1ccc2nc(C)c(C(=O)N(C)[C@H]3CCS(=O)(=O)C3)cc2c1. The lowest BCUT2D eigenvalue weighted by Crippen LogP contribution is -2.38. The summed E-state index contributed by atoms with van der Waals surface area (Å²) in [5.41, 5.74) is 1.91. The summed E-state index contributed by atoms with van der Waals surface area (Å²) >= 11 is 0. The number of amides is 1. The first-order chi connectivity index (χ1) is 11.3. The minimum absolute atomic E-state index is 0.0309. The van der Waals surface area contributed by atoms with Crippen LogP contribution < -0.4 is 4.74 Å². The van der Waals surface area contributed by atoms with Crippen molar-refractivity contribution < 1.29 is 17.9 Å². The maximum atomic E-state index is 12.8. The van der Waals surface area contributed by atoms with Gasteiger partial charge in [-0.25, -0.2) is 8.42 Å². The second-order valence-electron chi connectivity index (χ2n) is 6.15. The summed E-state index contributed by atoms with van der Waals surface area (Å²) in [6, 6.07) is 7.03. The van der Waals surface area contributed by atoms with E-state index in [2.05, 4.69) is 4.98 Å². The van der Waals surface area contributed by atoms with Crippen LogP contribution in [0.25, 0.3) is 10.9 Å². The summed E-state index contributed by atoms with van der Waals surface area (Å²) in [6.07, 6.45) is 0.485. The molecule has 2 aromatic rings. The van der Waals surface area contributed by atoms with Crippen LogP contribution in [0.15, 0.2) is 24.3 Å². The largest absolute Gasteiger partial charge is 0.497 e. The van der Waals surface area contributed by atoms with Gasteiger partial charge >= 0.3 is 0 Å². The Balaban J connectivity index is 1.95. The van der Waals surface area contributed by atoms with Gasteiger partial charge in [0.25, 0.3) is 5.91 Å². The molecule has 1 atom stereocenters. The van der Waals surface area contributed by atoms with Crippen LogP contribution in [0, 0.1) is 6.92 Å². The van der Waals surface area contributed by atoms with Gasteiger partial charge < -0.3 is 9.64 Å². The number of fused-ring (bicyclic) bond motifs is 1. The van der Waals surface area contributed by atoms with E-state index >= 15 is 0 Å². The molecule has 1 aromatic heterocycles. The van der Waals surface area contributed by atoms with Gasteiger partial charge in [0.2, 0.25) is 0 Å². The molecule has 0 N–H and O–H groups in total. The molecular formula is C17H20N2O4S. The van der Waals surface area contributed by atoms with E-state index in [1.807, 2.05) is 18.2 Å². The van der Waals surface area contributed by atoms with Crippen LogP contribution in [0.1, 0.15) is 22.5 Å². The number of aryl methyl sites for hydroxylation is 1.